The van der Waals surface area contributed by atoms with Crippen LogP contribution < -0.4 is 5.32 Å². The topological polar surface area (TPSA) is 46.9 Å². The second-order valence-corrected chi connectivity index (χ2v) is 6.37. The SMILES string of the molecule is C=C(C)C(=O)NCCc1nc2ccccc2n1Cc1ccc(C)cc1. The average Bonchev–Trinajstić information content (AvgIpc) is 2.94. The van der Waals surface area contributed by atoms with Gasteiger partial charge in [-0.3, -0.25) is 4.79 Å². The molecule has 25 heavy (non-hydrogen) atoms. The molecule has 1 heterocycles. The summed E-state index contributed by atoms with van der Waals surface area (Å²) in [6.45, 7) is 8.78. The molecule has 0 fully saturated rings. The van der Waals surface area contributed by atoms with Gasteiger partial charge in [0.15, 0.2) is 0 Å². The van der Waals surface area contributed by atoms with E-state index in [1.54, 1.807) is 6.92 Å². The van der Waals surface area contributed by atoms with Crippen LogP contribution in [0.3, 0.4) is 0 Å². The number of hydrogen-bond donors (Lipinski definition) is 1. The molecule has 0 aliphatic carbocycles. The summed E-state index contributed by atoms with van der Waals surface area (Å²) in [5.41, 5.74) is 5.11. The number of benzene rings is 2. The summed E-state index contributed by atoms with van der Waals surface area (Å²) in [5, 5.41) is 2.88. The fourth-order valence-corrected chi connectivity index (χ4v) is 2.81. The van der Waals surface area contributed by atoms with E-state index in [-0.39, 0.29) is 5.91 Å². The molecule has 0 saturated heterocycles. The first kappa shape index (κ1) is 17.0. The van der Waals surface area contributed by atoms with E-state index >= 15 is 0 Å². The maximum Gasteiger partial charge on any atom is 0.246 e. The maximum atomic E-state index is 11.7. The Morgan fingerprint density at radius 2 is 1.88 bits per heavy atom. The summed E-state index contributed by atoms with van der Waals surface area (Å²) >= 11 is 0. The van der Waals surface area contributed by atoms with Gasteiger partial charge >= 0.3 is 0 Å². The Labute approximate surface area is 148 Å². The molecule has 0 saturated carbocycles. The molecule has 0 aliphatic heterocycles. The molecule has 3 aromatic rings. The van der Waals surface area contributed by atoms with Crippen molar-refractivity contribution in [2.24, 2.45) is 0 Å². The van der Waals surface area contributed by atoms with E-state index in [2.05, 4.69) is 53.7 Å². The predicted molar refractivity (Wildman–Crippen MR) is 102 cm³/mol. The number of imidazole rings is 1. The highest BCUT2D eigenvalue weighted by atomic mass is 16.1. The van der Waals surface area contributed by atoms with Crippen LogP contribution in [0.15, 0.2) is 60.7 Å². The van der Waals surface area contributed by atoms with Crippen LogP contribution in [0.1, 0.15) is 23.9 Å². The summed E-state index contributed by atoms with van der Waals surface area (Å²) < 4.78 is 2.23. The van der Waals surface area contributed by atoms with E-state index in [1.165, 1.54) is 11.1 Å². The second kappa shape index (κ2) is 7.34. The normalized spacial score (nSPS) is 10.8. The van der Waals surface area contributed by atoms with Crippen molar-refractivity contribution in [3.05, 3.63) is 77.6 Å². The first-order chi connectivity index (χ1) is 12.0. The number of rotatable bonds is 6. The summed E-state index contributed by atoms with van der Waals surface area (Å²) in [4.78, 5) is 16.4. The van der Waals surface area contributed by atoms with Crippen molar-refractivity contribution >= 4 is 16.9 Å². The lowest BCUT2D eigenvalue weighted by atomic mass is 10.1. The summed E-state index contributed by atoms with van der Waals surface area (Å²) in [6, 6.07) is 16.7. The quantitative estimate of drug-likeness (QED) is 0.700. The van der Waals surface area contributed by atoms with E-state index in [1.807, 2.05) is 18.2 Å². The van der Waals surface area contributed by atoms with Crippen LogP contribution in [0.4, 0.5) is 0 Å². The molecular formula is C21H23N3O. The molecule has 1 amide bonds. The highest BCUT2D eigenvalue weighted by Crippen LogP contribution is 2.18. The Kier molecular flexibility index (Phi) is 4.98. The minimum Gasteiger partial charge on any atom is -0.352 e. The third-order valence-electron chi connectivity index (χ3n) is 4.22. The molecule has 4 nitrogen and oxygen atoms in total. The summed E-state index contributed by atoms with van der Waals surface area (Å²) in [6.07, 6.45) is 0.680. The predicted octanol–water partition coefficient (Wildman–Crippen LogP) is 3.63. The van der Waals surface area contributed by atoms with Crippen molar-refractivity contribution in [2.75, 3.05) is 6.54 Å². The zero-order valence-corrected chi connectivity index (χ0v) is 14.7. The number of aryl methyl sites for hydroxylation is 1. The van der Waals surface area contributed by atoms with Crippen LogP contribution in [0.2, 0.25) is 0 Å². The minimum atomic E-state index is -0.110. The number of carbonyl (C=O) groups is 1. The standard InChI is InChI=1S/C21H23N3O/c1-15(2)21(25)22-13-12-20-23-18-6-4-5-7-19(18)24(20)14-17-10-8-16(3)9-11-17/h4-11H,1,12-14H2,2-3H3,(H,22,25). The summed E-state index contributed by atoms with van der Waals surface area (Å²) in [7, 11) is 0. The van der Waals surface area contributed by atoms with E-state index < -0.39 is 0 Å². The van der Waals surface area contributed by atoms with Crippen molar-refractivity contribution in [3.63, 3.8) is 0 Å². The van der Waals surface area contributed by atoms with Gasteiger partial charge in [0.1, 0.15) is 5.82 Å². The van der Waals surface area contributed by atoms with Gasteiger partial charge in [-0.1, -0.05) is 48.5 Å². The first-order valence-electron chi connectivity index (χ1n) is 8.48. The Morgan fingerprint density at radius 1 is 1.16 bits per heavy atom. The van der Waals surface area contributed by atoms with Crippen LogP contribution >= 0.6 is 0 Å². The molecule has 1 N–H and O–H groups in total. The lowest BCUT2D eigenvalue weighted by Crippen LogP contribution is -2.26. The molecule has 3 rings (SSSR count). The van der Waals surface area contributed by atoms with Gasteiger partial charge < -0.3 is 9.88 Å². The van der Waals surface area contributed by atoms with Crippen molar-refractivity contribution in [3.8, 4) is 0 Å². The smallest absolute Gasteiger partial charge is 0.246 e. The van der Waals surface area contributed by atoms with Gasteiger partial charge in [-0.2, -0.15) is 0 Å². The number of nitrogens with zero attached hydrogens (tertiary/aromatic N) is 2. The molecule has 0 aliphatic rings. The molecule has 0 atom stereocenters. The van der Waals surface area contributed by atoms with Crippen LogP contribution in [0.5, 0.6) is 0 Å². The number of carbonyl (C=O) groups excluding carboxylic acids is 1. The highest BCUT2D eigenvalue weighted by Gasteiger charge is 2.11. The largest absolute Gasteiger partial charge is 0.352 e. The average molecular weight is 333 g/mol. The third kappa shape index (κ3) is 3.97. The molecule has 1 aromatic heterocycles. The second-order valence-electron chi connectivity index (χ2n) is 6.37. The van der Waals surface area contributed by atoms with Crippen molar-refractivity contribution in [1.29, 1.82) is 0 Å². The van der Waals surface area contributed by atoms with Gasteiger partial charge in [-0.25, -0.2) is 4.98 Å². The van der Waals surface area contributed by atoms with Crippen molar-refractivity contribution < 1.29 is 4.79 Å². The zero-order valence-electron chi connectivity index (χ0n) is 14.7. The first-order valence-corrected chi connectivity index (χ1v) is 8.48. The molecule has 0 radical (unpaired) electrons. The van der Waals surface area contributed by atoms with E-state index in [9.17, 15) is 4.79 Å². The van der Waals surface area contributed by atoms with Crippen LogP contribution in [-0.4, -0.2) is 22.0 Å². The molecule has 0 unspecified atom stereocenters. The Hall–Kier alpha value is -2.88. The summed E-state index contributed by atoms with van der Waals surface area (Å²) in [5.74, 6) is 0.866. The van der Waals surface area contributed by atoms with Crippen LogP contribution in [0, 0.1) is 6.92 Å². The number of para-hydroxylation sites is 2. The molecule has 4 heteroatoms. The zero-order chi connectivity index (χ0) is 17.8. The fraction of sp³-hybridized carbons (Fsp3) is 0.238. The van der Waals surface area contributed by atoms with Crippen LogP contribution in [0.25, 0.3) is 11.0 Å². The molecule has 0 spiro atoms. The maximum absolute atomic E-state index is 11.7. The molecule has 0 bridgehead atoms. The fourth-order valence-electron chi connectivity index (χ4n) is 2.81. The van der Waals surface area contributed by atoms with Crippen LogP contribution in [-0.2, 0) is 17.8 Å². The van der Waals surface area contributed by atoms with Gasteiger partial charge in [0.05, 0.1) is 11.0 Å². The Morgan fingerprint density at radius 3 is 2.60 bits per heavy atom. The highest BCUT2D eigenvalue weighted by molar-refractivity contribution is 5.92. The van der Waals surface area contributed by atoms with Crippen molar-refractivity contribution in [1.82, 2.24) is 14.9 Å². The number of hydrogen-bond acceptors (Lipinski definition) is 2. The van der Waals surface area contributed by atoms with Gasteiger partial charge in [0.25, 0.3) is 0 Å². The number of fused-ring (bicyclic) bond motifs is 1. The lowest BCUT2D eigenvalue weighted by Gasteiger charge is -2.10. The third-order valence-corrected chi connectivity index (χ3v) is 4.22. The minimum absolute atomic E-state index is 0.110. The van der Waals surface area contributed by atoms with Gasteiger partial charge in [0.2, 0.25) is 5.91 Å². The number of nitrogens with one attached hydrogen (secondary N) is 1. The van der Waals surface area contributed by atoms with Gasteiger partial charge in [-0.15, -0.1) is 0 Å². The van der Waals surface area contributed by atoms with Crippen molar-refractivity contribution in [2.45, 2.75) is 26.8 Å². The molecule has 128 valence electrons. The van der Waals surface area contributed by atoms with E-state index in [0.717, 1.165) is 23.4 Å². The number of amides is 1. The molecule has 2 aromatic carbocycles. The number of aromatic nitrogens is 2. The van der Waals surface area contributed by atoms with E-state index in [4.69, 9.17) is 4.98 Å². The van der Waals surface area contributed by atoms with Gasteiger partial charge in [-0.05, 0) is 31.5 Å². The van der Waals surface area contributed by atoms with Gasteiger partial charge in [0, 0.05) is 25.1 Å². The Balaban J connectivity index is 1.85. The van der Waals surface area contributed by atoms with E-state index in [0.29, 0.717) is 18.5 Å². The lowest BCUT2D eigenvalue weighted by molar-refractivity contribution is -0.117. The monoisotopic (exact) mass is 333 g/mol. The Bertz CT molecular complexity index is 907. The molecular weight excluding hydrogens is 310 g/mol.